The second-order valence-electron chi connectivity index (χ2n) is 8.07. The molecule has 0 spiro atoms. The number of halogens is 3. The predicted octanol–water partition coefficient (Wildman–Crippen LogP) is 5.93. The molecule has 3 aromatic carbocycles. The Bertz CT molecular complexity index is 1370. The van der Waals surface area contributed by atoms with Gasteiger partial charge < -0.3 is 14.8 Å². The van der Waals surface area contributed by atoms with Gasteiger partial charge in [0.05, 0.1) is 17.9 Å². The van der Waals surface area contributed by atoms with E-state index >= 15 is 0 Å². The summed E-state index contributed by atoms with van der Waals surface area (Å²) in [6.45, 7) is 5.12. The normalized spacial score (nSPS) is 11.4. The number of nitrogens with one attached hydrogen (secondary N) is 1. The molecule has 4 aromatic rings. The van der Waals surface area contributed by atoms with Crippen molar-refractivity contribution >= 4 is 11.6 Å². The van der Waals surface area contributed by atoms with E-state index in [-0.39, 0.29) is 18.2 Å². The predicted molar refractivity (Wildman–Crippen MR) is 133 cm³/mol. The molecule has 0 unspecified atom stereocenters. The zero-order chi connectivity index (χ0) is 26.4. The number of nitrogens with zero attached hydrogens (tertiary/aromatic N) is 3. The molecule has 7 nitrogen and oxygen atoms in total. The maximum atomic E-state index is 12.8. The molecule has 1 amide bonds. The van der Waals surface area contributed by atoms with E-state index in [1.807, 2.05) is 38.1 Å². The van der Waals surface area contributed by atoms with E-state index in [0.29, 0.717) is 30.4 Å². The summed E-state index contributed by atoms with van der Waals surface area (Å²) >= 11 is 0. The Hall–Kier alpha value is -4.18. The zero-order valence-corrected chi connectivity index (χ0v) is 20.2. The first-order valence-corrected chi connectivity index (χ1v) is 11.6. The summed E-state index contributed by atoms with van der Waals surface area (Å²) in [4.78, 5) is 17.2. The average Bonchev–Trinajstić information content (AvgIpc) is 3.30. The summed E-state index contributed by atoms with van der Waals surface area (Å²) in [6, 6.07) is 18.8. The van der Waals surface area contributed by atoms with Crippen LogP contribution in [0.4, 0.5) is 18.9 Å². The Morgan fingerprint density at radius 2 is 1.76 bits per heavy atom. The Labute approximate surface area is 211 Å². The Morgan fingerprint density at radius 1 is 1.00 bits per heavy atom. The molecule has 0 aliphatic heterocycles. The maximum Gasteiger partial charge on any atom is 0.416 e. The first-order chi connectivity index (χ1) is 17.8. The summed E-state index contributed by atoms with van der Waals surface area (Å²) in [7, 11) is 0. The fourth-order valence-corrected chi connectivity index (χ4v) is 3.60. The van der Waals surface area contributed by atoms with Crippen LogP contribution in [0.5, 0.6) is 6.01 Å². The summed E-state index contributed by atoms with van der Waals surface area (Å²) in [5.74, 6) is 0.0132. The van der Waals surface area contributed by atoms with Gasteiger partial charge in [-0.15, -0.1) is 5.10 Å². The fourth-order valence-electron chi connectivity index (χ4n) is 3.60. The molecular weight excluding hydrogens is 485 g/mol. The number of carbonyl (C=O) groups excluding carboxylic acids is 1. The molecule has 4 rings (SSSR count). The van der Waals surface area contributed by atoms with Gasteiger partial charge in [-0.1, -0.05) is 30.3 Å². The number of benzene rings is 3. The van der Waals surface area contributed by atoms with Gasteiger partial charge in [-0.25, -0.2) is 4.68 Å². The van der Waals surface area contributed by atoms with E-state index in [1.54, 1.807) is 28.9 Å². The molecule has 0 atom stereocenters. The van der Waals surface area contributed by atoms with E-state index in [2.05, 4.69) is 15.4 Å². The second kappa shape index (κ2) is 11.3. The Morgan fingerprint density at radius 3 is 2.46 bits per heavy atom. The van der Waals surface area contributed by atoms with Crippen molar-refractivity contribution in [2.24, 2.45) is 0 Å². The van der Waals surface area contributed by atoms with Crippen molar-refractivity contribution in [2.45, 2.75) is 20.0 Å². The van der Waals surface area contributed by atoms with Crippen LogP contribution in [0.2, 0.25) is 0 Å². The molecule has 192 valence electrons. The summed E-state index contributed by atoms with van der Waals surface area (Å²) in [5.41, 5.74) is 2.17. The van der Waals surface area contributed by atoms with Crippen molar-refractivity contribution in [1.29, 1.82) is 0 Å². The van der Waals surface area contributed by atoms with Crippen molar-refractivity contribution in [2.75, 3.05) is 25.1 Å². The van der Waals surface area contributed by atoms with E-state index < -0.39 is 17.6 Å². The lowest BCUT2D eigenvalue weighted by Gasteiger charge is -2.11. The quantitative estimate of drug-likeness (QED) is 0.283. The average molecular weight is 511 g/mol. The molecular formula is C27H25F3N4O3. The number of ether oxygens (including phenoxy) is 2. The molecule has 0 saturated carbocycles. The Balaban J connectivity index is 1.61. The van der Waals surface area contributed by atoms with Gasteiger partial charge in [0.1, 0.15) is 6.61 Å². The smallest absolute Gasteiger partial charge is 0.416 e. The largest absolute Gasteiger partial charge is 0.460 e. The molecule has 0 saturated heterocycles. The van der Waals surface area contributed by atoms with Gasteiger partial charge in [0.25, 0.3) is 5.91 Å². The molecule has 1 N–H and O–H groups in total. The SMILES string of the molecule is CCOCCOc1nc(-c2ccccc2C)n(-c2cccc(NC(=O)c3ccc(C(F)(F)F)cc3)c2)n1. The third-order valence-electron chi connectivity index (χ3n) is 5.46. The van der Waals surface area contributed by atoms with E-state index in [1.165, 1.54) is 0 Å². The van der Waals surface area contributed by atoms with Crippen LogP contribution in [-0.4, -0.2) is 40.5 Å². The minimum Gasteiger partial charge on any atom is -0.460 e. The lowest BCUT2D eigenvalue weighted by molar-refractivity contribution is -0.137. The summed E-state index contributed by atoms with van der Waals surface area (Å²) in [6.07, 6.45) is -4.47. The number of carbonyl (C=O) groups is 1. The van der Waals surface area contributed by atoms with Gasteiger partial charge in [0.15, 0.2) is 5.82 Å². The molecule has 0 radical (unpaired) electrons. The highest BCUT2D eigenvalue weighted by atomic mass is 19.4. The Kier molecular flexibility index (Phi) is 7.88. The topological polar surface area (TPSA) is 78.3 Å². The number of alkyl halides is 3. The standard InChI is InChI=1S/C27H25F3N4O3/c1-3-36-15-16-37-26-32-24(23-10-5-4-7-18(23)2)34(33-26)22-9-6-8-21(17-22)31-25(35)19-11-13-20(14-12-19)27(28,29)30/h4-14,17H,3,15-16H2,1-2H3,(H,31,35). The van der Waals surface area contributed by atoms with Crippen molar-refractivity contribution < 1.29 is 27.4 Å². The number of hydrogen-bond donors (Lipinski definition) is 1. The van der Waals surface area contributed by atoms with Crippen molar-refractivity contribution in [3.05, 3.63) is 89.5 Å². The van der Waals surface area contributed by atoms with Crippen molar-refractivity contribution in [3.8, 4) is 23.1 Å². The lowest BCUT2D eigenvalue weighted by atomic mass is 10.1. The van der Waals surface area contributed by atoms with Gasteiger partial charge in [0.2, 0.25) is 0 Å². The van der Waals surface area contributed by atoms with E-state index in [4.69, 9.17) is 9.47 Å². The highest BCUT2D eigenvalue weighted by Crippen LogP contribution is 2.30. The number of amides is 1. The third kappa shape index (κ3) is 6.34. The number of aromatic nitrogens is 3. The molecule has 10 heteroatoms. The van der Waals surface area contributed by atoms with Gasteiger partial charge in [-0.2, -0.15) is 18.2 Å². The van der Waals surface area contributed by atoms with Gasteiger partial charge in [0, 0.05) is 23.4 Å². The van der Waals surface area contributed by atoms with E-state index in [0.717, 1.165) is 35.4 Å². The van der Waals surface area contributed by atoms with Gasteiger partial charge in [-0.05, 0) is 61.9 Å². The number of anilines is 1. The van der Waals surface area contributed by atoms with Crippen LogP contribution in [0.3, 0.4) is 0 Å². The van der Waals surface area contributed by atoms with Crippen LogP contribution >= 0.6 is 0 Å². The molecule has 0 aliphatic rings. The number of hydrogen-bond acceptors (Lipinski definition) is 5. The molecule has 37 heavy (non-hydrogen) atoms. The summed E-state index contributed by atoms with van der Waals surface area (Å²) < 4.78 is 51.1. The molecule has 0 fully saturated rings. The first-order valence-electron chi connectivity index (χ1n) is 11.6. The van der Waals surface area contributed by atoms with Crippen LogP contribution in [0, 0.1) is 6.92 Å². The minimum atomic E-state index is -4.47. The molecule has 1 heterocycles. The second-order valence-corrected chi connectivity index (χ2v) is 8.07. The van der Waals surface area contributed by atoms with Crippen LogP contribution < -0.4 is 10.1 Å². The lowest BCUT2D eigenvalue weighted by Crippen LogP contribution is -2.13. The zero-order valence-electron chi connectivity index (χ0n) is 20.2. The van der Waals surface area contributed by atoms with Crippen LogP contribution in [-0.2, 0) is 10.9 Å². The summed E-state index contributed by atoms with van der Waals surface area (Å²) in [5, 5.41) is 7.24. The monoisotopic (exact) mass is 510 g/mol. The number of rotatable bonds is 9. The molecule has 1 aromatic heterocycles. The van der Waals surface area contributed by atoms with Crippen molar-refractivity contribution in [1.82, 2.24) is 14.8 Å². The van der Waals surface area contributed by atoms with Crippen LogP contribution in [0.15, 0.2) is 72.8 Å². The fraction of sp³-hybridized carbons (Fsp3) is 0.222. The van der Waals surface area contributed by atoms with E-state index in [9.17, 15) is 18.0 Å². The van der Waals surface area contributed by atoms with Gasteiger partial charge in [-0.3, -0.25) is 4.79 Å². The molecule has 0 aliphatic carbocycles. The maximum absolute atomic E-state index is 12.8. The molecule has 0 bridgehead atoms. The van der Waals surface area contributed by atoms with Crippen LogP contribution in [0.1, 0.15) is 28.4 Å². The van der Waals surface area contributed by atoms with Crippen molar-refractivity contribution in [3.63, 3.8) is 0 Å². The van der Waals surface area contributed by atoms with Crippen LogP contribution in [0.25, 0.3) is 17.1 Å². The first kappa shape index (κ1) is 25.9. The highest BCUT2D eigenvalue weighted by Gasteiger charge is 2.30. The third-order valence-corrected chi connectivity index (χ3v) is 5.46. The highest BCUT2D eigenvalue weighted by molar-refractivity contribution is 6.04. The van der Waals surface area contributed by atoms with Gasteiger partial charge >= 0.3 is 12.2 Å². The minimum absolute atomic E-state index is 0.102. The number of aryl methyl sites for hydroxylation is 1.